The van der Waals surface area contributed by atoms with Crippen LogP contribution in [0.2, 0.25) is 0 Å². The first-order valence-corrected chi connectivity index (χ1v) is 9.84. The molecule has 0 radical (unpaired) electrons. The molecule has 1 N–H and O–H groups in total. The molecule has 1 amide bonds. The molecule has 2 aromatic rings. The van der Waals surface area contributed by atoms with Crippen LogP contribution in [-0.4, -0.2) is 47.5 Å². The number of hydrogen-bond donors (Lipinski definition) is 1. The van der Waals surface area contributed by atoms with E-state index in [0.717, 1.165) is 25.2 Å². The Morgan fingerprint density at radius 3 is 2.70 bits per heavy atom. The third-order valence-corrected chi connectivity index (χ3v) is 6.29. The number of amides is 1. The number of carbonyl (C=O) groups excluding carboxylic acids is 1. The number of benzene rings is 2. The number of phenols is 1. The lowest BCUT2D eigenvalue weighted by molar-refractivity contribution is -0.130. The van der Waals surface area contributed by atoms with Crippen LogP contribution in [0.3, 0.4) is 0 Å². The first-order valence-electron chi connectivity index (χ1n) is 9.84. The van der Waals surface area contributed by atoms with Crippen molar-refractivity contribution in [2.75, 3.05) is 26.7 Å². The summed E-state index contributed by atoms with van der Waals surface area (Å²) in [5.74, 6) is 1.57. The molecule has 2 fully saturated rings. The Kier molecular flexibility index (Phi) is 4.92. The maximum absolute atomic E-state index is 12.8. The molecule has 0 unspecified atom stereocenters. The van der Waals surface area contributed by atoms with Crippen LogP contribution >= 0.6 is 0 Å². The Morgan fingerprint density at radius 2 is 1.93 bits per heavy atom. The van der Waals surface area contributed by atoms with Crippen molar-refractivity contribution in [2.24, 2.45) is 11.8 Å². The van der Waals surface area contributed by atoms with E-state index in [2.05, 4.69) is 48.0 Å². The molecule has 0 aromatic heterocycles. The van der Waals surface area contributed by atoms with E-state index < -0.39 is 0 Å². The quantitative estimate of drug-likeness (QED) is 0.904. The Labute approximate surface area is 161 Å². The van der Waals surface area contributed by atoms with Crippen LogP contribution in [0, 0.1) is 18.8 Å². The van der Waals surface area contributed by atoms with Gasteiger partial charge in [0, 0.05) is 38.0 Å². The summed E-state index contributed by atoms with van der Waals surface area (Å²) in [5.41, 5.74) is 3.76. The summed E-state index contributed by atoms with van der Waals surface area (Å²) in [7, 11) is 2.21. The molecule has 142 valence electrons. The van der Waals surface area contributed by atoms with E-state index in [1.54, 1.807) is 12.1 Å². The summed E-state index contributed by atoms with van der Waals surface area (Å²) in [5, 5.41) is 9.58. The van der Waals surface area contributed by atoms with Gasteiger partial charge in [-0.25, -0.2) is 0 Å². The number of rotatable bonds is 4. The van der Waals surface area contributed by atoms with Crippen molar-refractivity contribution in [2.45, 2.75) is 25.8 Å². The molecule has 4 rings (SSSR count). The second kappa shape index (κ2) is 7.35. The summed E-state index contributed by atoms with van der Waals surface area (Å²) in [6.45, 7) is 4.97. The van der Waals surface area contributed by atoms with Crippen molar-refractivity contribution in [3.63, 3.8) is 0 Å². The third kappa shape index (κ3) is 3.59. The fraction of sp³-hybridized carbons (Fsp3) is 0.435. The van der Waals surface area contributed by atoms with E-state index in [0.29, 0.717) is 30.7 Å². The highest BCUT2D eigenvalue weighted by molar-refractivity contribution is 5.77. The molecule has 2 heterocycles. The van der Waals surface area contributed by atoms with Crippen molar-refractivity contribution in [3.05, 3.63) is 65.2 Å². The monoisotopic (exact) mass is 364 g/mol. The van der Waals surface area contributed by atoms with Gasteiger partial charge in [-0.05, 0) is 55.1 Å². The number of aromatic hydroxyl groups is 1. The van der Waals surface area contributed by atoms with Crippen LogP contribution in [0.25, 0.3) is 0 Å². The lowest BCUT2D eigenvalue weighted by Crippen LogP contribution is -2.33. The van der Waals surface area contributed by atoms with Crippen LogP contribution in [0.1, 0.15) is 29.2 Å². The molecule has 0 spiro atoms. The summed E-state index contributed by atoms with van der Waals surface area (Å²) in [6.07, 6.45) is 1.19. The molecule has 2 aromatic carbocycles. The minimum Gasteiger partial charge on any atom is -0.508 e. The highest BCUT2D eigenvalue weighted by Crippen LogP contribution is 2.44. The molecule has 2 aliphatic heterocycles. The molecule has 0 bridgehead atoms. The lowest BCUT2D eigenvalue weighted by atomic mass is 9.88. The van der Waals surface area contributed by atoms with Crippen molar-refractivity contribution in [3.8, 4) is 5.75 Å². The van der Waals surface area contributed by atoms with Gasteiger partial charge < -0.3 is 10.0 Å². The molecule has 4 nitrogen and oxygen atoms in total. The average Bonchev–Trinajstić information content (AvgIpc) is 3.17. The first kappa shape index (κ1) is 18.1. The highest BCUT2D eigenvalue weighted by atomic mass is 16.3. The van der Waals surface area contributed by atoms with Crippen molar-refractivity contribution in [1.29, 1.82) is 0 Å². The fourth-order valence-electron chi connectivity index (χ4n) is 4.97. The molecule has 0 aliphatic carbocycles. The van der Waals surface area contributed by atoms with Gasteiger partial charge in [-0.15, -0.1) is 0 Å². The van der Waals surface area contributed by atoms with Crippen LogP contribution in [0.5, 0.6) is 5.75 Å². The smallest absolute Gasteiger partial charge is 0.222 e. The second-order valence-corrected chi connectivity index (χ2v) is 8.13. The van der Waals surface area contributed by atoms with Crippen LogP contribution in [0.15, 0.2) is 48.5 Å². The molecule has 2 aliphatic rings. The maximum atomic E-state index is 12.8. The summed E-state index contributed by atoms with van der Waals surface area (Å²) >= 11 is 0. The minimum atomic E-state index is 0.235. The number of nitrogens with zero attached hydrogens (tertiary/aromatic N) is 2. The standard InChI is InChI=1S/C23H28N2O2/c1-16-6-3-4-9-20(16)23-21-15-25(14-18(21)13-24(23)2)22(27)11-10-17-7-5-8-19(26)12-17/h3-9,12,18,21,23,26H,10-11,13-15H2,1-2H3/t18-,21+,23-/m0/s1. The van der Waals surface area contributed by atoms with Gasteiger partial charge in [-0.3, -0.25) is 9.69 Å². The van der Waals surface area contributed by atoms with Crippen molar-refractivity contribution < 1.29 is 9.90 Å². The maximum Gasteiger partial charge on any atom is 0.222 e. The topological polar surface area (TPSA) is 43.8 Å². The lowest BCUT2D eigenvalue weighted by Gasteiger charge is -2.28. The van der Waals surface area contributed by atoms with E-state index in [9.17, 15) is 9.90 Å². The van der Waals surface area contributed by atoms with Crippen LogP contribution < -0.4 is 0 Å². The molecular formula is C23H28N2O2. The number of fused-ring (bicyclic) bond motifs is 1. The van der Waals surface area contributed by atoms with Crippen molar-refractivity contribution >= 4 is 5.91 Å². The molecule has 3 atom stereocenters. The molecule has 27 heavy (non-hydrogen) atoms. The first-order chi connectivity index (χ1) is 13.0. The summed E-state index contributed by atoms with van der Waals surface area (Å²) < 4.78 is 0. The van der Waals surface area contributed by atoms with E-state index in [1.807, 2.05) is 12.1 Å². The van der Waals surface area contributed by atoms with Gasteiger partial charge in [0.25, 0.3) is 0 Å². The number of aryl methyl sites for hydroxylation is 2. The number of hydrogen-bond acceptors (Lipinski definition) is 3. The summed E-state index contributed by atoms with van der Waals surface area (Å²) in [6, 6.07) is 16.2. The predicted molar refractivity (Wildman–Crippen MR) is 107 cm³/mol. The van der Waals surface area contributed by atoms with Crippen LogP contribution in [-0.2, 0) is 11.2 Å². The summed E-state index contributed by atoms with van der Waals surface area (Å²) in [4.78, 5) is 17.3. The fourth-order valence-corrected chi connectivity index (χ4v) is 4.97. The van der Waals surface area contributed by atoms with Crippen LogP contribution in [0.4, 0.5) is 0 Å². The number of likely N-dealkylation sites (tertiary alicyclic amines) is 2. The van der Waals surface area contributed by atoms with Gasteiger partial charge >= 0.3 is 0 Å². The zero-order valence-corrected chi connectivity index (χ0v) is 16.1. The zero-order valence-electron chi connectivity index (χ0n) is 16.1. The third-order valence-electron chi connectivity index (χ3n) is 6.29. The Balaban J connectivity index is 1.42. The van der Waals surface area contributed by atoms with Gasteiger partial charge in [0.15, 0.2) is 0 Å². The van der Waals surface area contributed by atoms with Gasteiger partial charge in [0.1, 0.15) is 5.75 Å². The highest BCUT2D eigenvalue weighted by Gasteiger charge is 2.47. The molecule has 0 saturated carbocycles. The second-order valence-electron chi connectivity index (χ2n) is 8.13. The van der Waals surface area contributed by atoms with E-state index in [-0.39, 0.29) is 11.7 Å². The Morgan fingerprint density at radius 1 is 1.11 bits per heavy atom. The van der Waals surface area contributed by atoms with Gasteiger partial charge in [0.05, 0.1) is 0 Å². The van der Waals surface area contributed by atoms with Gasteiger partial charge in [0.2, 0.25) is 5.91 Å². The Bertz CT molecular complexity index is 835. The minimum absolute atomic E-state index is 0.235. The number of carbonyl (C=O) groups is 1. The van der Waals surface area contributed by atoms with E-state index in [1.165, 1.54) is 11.1 Å². The van der Waals surface area contributed by atoms with Gasteiger partial charge in [-0.1, -0.05) is 36.4 Å². The van der Waals surface area contributed by atoms with E-state index in [4.69, 9.17) is 0 Å². The normalized spacial score (nSPS) is 25.0. The number of phenolic OH excluding ortho intramolecular Hbond substituents is 1. The van der Waals surface area contributed by atoms with E-state index >= 15 is 0 Å². The Hall–Kier alpha value is -2.33. The predicted octanol–water partition coefficient (Wildman–Crippen LogP) is 3.39. The largest absolute Gasteiger partial charge is 0.508 e. The SMILES string of the molecule is Cc1ccccc1[C@H]1[C@@H]2CN(C(=O)CCc3cccc(O)c3)C[C@@H]2CN1C. The zero-order chi connectivity index (χ0) is 19.0. The molecule has 2 saturated heterocycles. The average molecular weight is 364 g/mol. The molecule has 4 heteroatoms. The molecular weight excluding hydrogens is 336 g/mol. The van der Waals surface area contributed by atoms with Gasteiger partial charge in [-0.2, -0.15) is 0 Å². The van der Waals surface area contributed by atoms with Crippen molar-refractivity contribution in [1.82, 2.24) is 9.80 Å².